The van der Waals surface area contributed by atoms with Crippen LogP contribution in [0.2, 0.25) is 0 Å². The summed E-state index contributed by atoms with van der Waals surface area (Å²) < 4.78 is 38.8. The van der Waals surface area contributed by atoms with Crippen LogP contribution in [0, 0.1) is 0 Å². The van der Waals surface area contributed by atoms with Crippen LogP contribution in [0.15, 0.2) is 52.5 Å². The fourth-order valence-corrected chi connectivity index (χ4v) is 5.15. The highest BCUT2D eigenvalue weighted by Crippen LogP contribution is 2.26. The van der Waals surface area contributed by atoms with E-state index in [1.165, 1.54) is 25.3 Å². The van der Waals surface area contributed by atoms with Crippen molar-refractivity contribution in [1.82, 2.24) is 25.0 Å². The molecule has 0 saturated carbocycles. The Morgan fingerprint density at radius 2 is 2.00 bits per heavy atom. The molecule has 3 heterocycles. The van der Waals surface area contributed by atoms with Gasteiger partial charge in [-0.3, -0.25) is 19.9 Å². The summed E-state index contributed by atoms with van der Waals surface area (Å²) in [6.45, 7) is 0.779. The van der Waals surface area contributed by atoms with Gasteiger partial charge in [0.05, 0.1) is 22.1 Å². The van der Waals surface area contributed by atoms with Gasteiger partial charge in [0.1, 0.15) is 6.61 Å². The topological polar surface area (TPSA) is 162 Å². The average molecular weight is 531 g/mol. The number of benzene rings is 1. The van der Waals surface area contributed by atoms with Gasteiger partial charge >= 0.3 is 0 Å². The third-order valence-electron chi connectivity index (χ3n) is 4.81. The number of anilines is 1. The van der Waals surface area contributed by atoms with Crippen molar-refractivity contribution in [2.24, 2.45) is 0 Å². The maximum atomic E-state index is 12.9. The Balaban J connectivity index is 1.45. The van der Waals surface area contributed by atoms with Gasteiger partial charge in [0.2, 0.25) is 21.9 Å². The molecular formula is C22H22N6O6S2. The molecule has 0 unspecified atom stereocenters. The van der Waals surface area contributed by atoms with Crippen LogP contribution >= 0.6 is 11.8 Å². The van der Waals surface area contributed by atoms with Gasteiger partial charge in [-0.15, -0.1) is 0 Å². The summed E-state index contributed by atoms with van der Waals surface area (Å²) in [5.74, 6) is -0.142. The van der Waals surface area contributed by atoms with Crippen molar-refractivity contribution in [2.75, 3.05) is 38.7 Å². The highest BCUT2D eigenvalue weighted by Gasteiger charge is 2.25. The summed E-state index contributed by atoms with van der Waals surface area (Å²) in [6.07, 6.45) is 4.59. The molecule has 0 aliphatic carbocycles. The molecule has 2 amide bonds. The van der Waals surface area contributed by atoms with Crippen LogP contribution in [0.1, 0.15) is 5.69 Å². The molecule has 1 fully saturated rings. The first-order valence-electron chi connectivity index (χ1n) is 10.7. The SMILES string of the molecule is COCCOc1cc(/C=C2\SC(=O)NC2=O)nc(NCCNS(=O)(=O)c2cccc3cnccc23)n1. The Kier molecular flexibility index (Phi) is 8.10. The smallest absolute Gasteiger partial charge is 0.290 e. The number of methoxy groups -OCH3 is 1. The Morgan fingerprint density at radius 1 is 1.14 bits per heavy atom. The molecule has 0 atom stereocenters. The van der Waals surface area contributed by atoms with E-state index in [4.69, 9.17) is 9.47 Å². The molecular weight excluding hydrogens is 508 g/mol. The number of hydrogen-bond acceptors (Lipinski definition) is 11. The second-order valence-electron chi connectivity index (χ2n) is 7.33. The lowest BCUT2D eigenvalue weighted by atomic mass is 10.2. The van der Waals surface area contributed by atoms with Crippen LogP contribution in [0.25, 0.3) is 16.8 Å². The van der Waals surface area contributed by atoms with Crippen LogP contribution in [0.3, 0.4) is 0 Å². The molecule has 0 bridgehead atoms. The molecule has 14 heteroatoms. The van der Waals surface area contributed by atoms with E-state index in [0.29, 0.717) is 17.7 Å². The molecule has 1 aliphatic heterocycles. The molecule has 1 saturated heterocycles. The molecule has 0 spiro atoms. The van der Waals surface area contributed by atoms with E-state index >= 15 is 0 Å². The van der Waals surface area contributed by atoms with Crippen molar-refractivity contribution in [2.45, 2.75) is 4.90 Å². The van der Waals surface area contributed by atoms with E-state index in [9.17, 15) is 18.0 Å². The van der Waals surface area contributed by atoms with E-state index in [1.807, 2.05) is 0 Å². The van der Waals surface area contributed by atoms with Crippen molar-refractivity contribution in [3.8, 4) is 5.88 Å². The number of carbonyl (C=O) groups excluding carboxylic acids is 2. The first kappa shape index (κ1) is 25.5. The van der Waals surface area contributed by atoms with Gasteiger partial charge in [0, 0.05) is 49.4 Å². The van der Waals surface area contributed by atoms with Crippen molar-refractivity contribution >= 4 is 55.7 Å². The Hall–Kier alpha value is -3.59. The Bertz CT molecular complexity index is 1420. The number of nitrogens with one attached hydrogen (secondary N) is 3. The summed E-state index contributed by atoms with van der Waals surface area (Å²) in [5.41, 5.74) is 0.331. The van der Waals surface area contributed by atoms with E-state index in [1.54, 1.807) is 30.6 Å². The number of nitrogens with zero attached hydrogens (tertiary/aromatic N) is 3. The average Bonchev–Trinajstić information content (AvgIpc) is 3.17. The van der Waals surface area contributed by atoms with Crippen LogP contribution in [-0.4, -0.2) is 67.9 Å². The van der Waals surface area contributed by atoms with Gasteiger partial charge in [-0.1, -0.05) is 12.1 Å². The predicted octanol–water partition coefficient (Wildman–Crippen LogP) is 1.76. The number of hydrogen-bond donors (Lipinski definition) is 3. The van der Waals surface area contributed by atoms with E-state index < -0.39 is 21.2 Å². The number of ether oxygens (including phenoxy) is 2. The van der Waals surface area contributed by atoms with Crippen LogP contribution in [0.5, 0.6) is 5.88 Å². The summed E-state index contributed by atoms with van der Waals surface area (Å²) in [5, 5.41) is 5.95. The van der Waals surface area contributed by atoms with Crippen molar-refractivity contribution in [3.05, 3.63) is 53.3 Å². The standard InChI is InChI=1S/C22H22N6O6S2/c1-33-9-10-34-19-12-15(11-17-20(29)28-22(30)35-17)26-21(27-19)24-7-8-25-36(31,32)18-4-2-3-14-13-23-6-5-16(14)18/h2-6,11-13,25H,7-10H2,1H3,(H,24,26,27)(H,28,29,30)/b17-11-. The first-order chi connectivity index (χ1) is 17.4. The van der Waals surface area contributed by atoms with Gasteiger partial charge in [-0.25, -0.2) is 18.1 Å². The van der Waals surface area contributed by atoms with Crippen molar-refractivity contribution in [1.29, 1.82) is 0 Å². The number of amides is 2. The number of fused-ring (bicyclic) bond motifs is 1. The zero-order valence-corrected chi connectivity index (χ0v) is 20.7. The molecule has 188 valence electrons. The molecule has 2 aromatic heterocycles. The number of sulfonamides is 1. The second-order valence-corrected chi connectivity index (χ2v) is 10.1. The molecule has 1 aromatic carbocycles. The zero-order valence-electron chi connectivity index (χ0n) is 19.1. The van der Waals surface area contributed by atoms with Crippen LogP contribution < -0.4 is 20.1 Å². The summed E-state index contributed by atoms with van der Waals surface area (Å²) in [6, 6.07) is 8.15. The molecule has 3 N–H and O–H groups in total. The minimum atomic E-state index is -3.79. The van der Waals surface area contributed by atoms with Crippen LogP contribution in [0.4, 0.5) is 10.7 Å². The van der Waals surface area contributed by atoms with E-state index in [0.717, 1.165) is 17.1 Å². The van der Waals surface area contributed by atoms with Gasteiger partial charge in [-0.05, 0) is 30.0 Å². The maximum Gasteiger partial charge on any atom is 0.290 e. The lowest BCUT2D eigenvalue weighted by Gasteiger charge is -2.11. The fourth-order valence-electron chi connectivity index (χ4n) is 3.22. The summed E-state index contributed by atoms with van der Waals surface area (Å²) in [7, 11) is -2.25. The number of imide groups is 1. The highest BCUT2D eigenvalue weighted by atomic mass is 32.2. The fraction of sp³-hybridized carbons (Fsp3) is 0.227. The zero-order chi connectivity index (χ0) is 25.5. The second kappa shape index (κ2) is 11.4. The normalized spacial score (nSPS) is 14.9. The number of aromatic nitrogens is 3. The minimum absolute atomic E-state index is 0.0467. The molecule has 4 rings (SSSR count). The van der Waals surface area contributed by atoms with Gasteiger partial charge in [-0.2, -0.15) is 4.98 Å². The lowest BCUT2D eigenvalue weighted by Crippen LogP contribution is -2.29. The number of carbonyl (C=O) groups is 2. The number of pyridine rings is 1. The lowest BCUT2D eigenvalue weighted by molar-refractivity contribution is -0.115. The van der Waals surface area contributed by atoms with Gasteiger partial charge in [0.15, 0.2) is 0 Å². The number of rotatable bonds is 11. The summed E-state index contributed by atoms with van der Waals surface area (Å²) >= 11 is 0.764. The minimum Gasteiger partial charge on any atom is -0.475 e. The third kappa shape index (κ3) is 6.34. The molecule has 1 aliphatic rings. The monoisotopic (exact) mass is 530 g/mol. The predicted molar refractivity (Wildman–Crippen MR) is 134 cm³/mol. The highest BCUT2D eigenvalue weighted by molar-refractivity contribution is 8.18. The maximum absolute atomic E-state index is 12.9. The van der Waals surface area contributed by atoms with E-state index in [-0.39, 0.29) is 41.3 Å². The quantitative estimate of drug-likeness (QED) is 0.245. The third-order valence-corrected chi connectivity index (χ3v) is 7.14. The molecule has 0 radical (unpaired) electrons. The summed E-state index contributed by atoms with van der Waals surface area (Å²) in [4.78, 5) is 36.3. The van der Waals surface area contributed by atoms with Crippen molar-refractivity contribution in [3.63, 3.8) is 0 Å². The van der Waals surface area contributed by atoms with Gasteiger partial charge in [0.25, 0.3) is 11.1 Å². The van der Waals surface area contributed by atoms with Gasteiger partial charge < -0.3 is 14.8 Å². The molecule has 3 aromatic rings. The van der Waals surface area contributed by atoms with Crippen LogP contribution in [-0.2, 0) is 19.6 Å². The molecule has 12 nitrogen and oxygen atoms in total. The molecule has 36 heavy (non-hydrogen) atoms. The largest absolute Gasteiger partial charge is 0.475 e. The van der Waals surface area contributed by atoms with Crippen molar-refractivity contribution < 1.29 is 27.5 Å². The number of thioether (sulfide) groups is 1. The van der Waals surface area contributed by atoms with E-state index in [2.05, 4.69) is 30.3 Å². The Labute approximate surface area is 211 Å². The first-order valence-corrected chi connectivity index (χ1v) is 13.0. The Morgan fingerprint density at radius 3 is 2.78 bits per heavy atom.